The number of halogens is 1. The number of rotatable bonds is 2. The minimum atomic E-state index is 0.00474. The highest BCUT2D eigenvalue weighted by atomic mass is 79.9. The van der Waals surface area contributed by atoms with E-state index in [9.17, 15) is 5.11 Å². The van der Waals surface area contributed by atoms with Gasteiger partial charge in [-0.3, -0.25) is 0 Å². The van der Waals surface area contributed by atoms with Gasteiger partial charge in [0.25, 0.3) is 0 Å². The lowest BCUT2D eigenvalue weighted by atomic mass is 9.79. The molecule has 3 heteroatoms. The predicted molar refractivity (Wildman–Crippen MR) is 80.1 cm³/mol. The standard InChI is InChI=1S/C15H22BrNO/c1-11-6-7-14(13(16)9-11)17-8-4-5-12(10-18)15(17,2)3/h6-7,9,12,18H,4-5,8,10H2,1-3H3. The first-order valence-corrected chi connectivity index (χ1v) is 7.40. The van der Waals surface area contributed by atoms with Crippen molar-refractivity contribution in [1.82, 2.24) is 0 Å². The number of aliphatic hydroxyl groups is 1. The molecule has 1 atom stereocenters. The highest BCUT2D eigenvalue weighted by Gasteiger charge is 2.38. The third kappa shape index (κ3) is 2.43. The molecule has 1 fully saturated rings. The number of aliphatic hydroxyl groups excluding tert-OH is 1. The van der Waals surface area contributed by atoms with Crippen LogP contribution < -0.4 is 4.90 Å². The number of nitrogens with zero attached hydrogens (tertiary/aromatic N) is 1. The molecule has 2 nitrogen and oxygen atoms in total. The average molecular weight is 312 g/mol. The van der Waals surface area contributed by atoms with E-state index in [1.807, 2.05) is 0 Å². The van der Waals surface area contributed by atoms with E-state index in [-0.39, 0.29) is 12.1 Å². The molecular weight excluding hydrogens is 290 g/mol. The fourth-order valence-electron chi connectivity index (χ4n) is 2.93. The van der Waals surface area contributed by atoms with Gasteiger partial charge in [0.2, 0.25) is 0 Å². The number of piperidine rings is 1. The molecule has 1 aliphatic heterocycles. The van der Waals surface area contributed by atoms with E-state index < -0.39 is 0 Å². The topological polar surface area (TPSA) is 23.5 Å². The first-order chi connectivity index (χ1) is 8.46. The molecule has 1 saturated heterocycles. The normalized spacial score (nSPS) is 23.2. The zero-order valence-electron chi connectivity index (χ0n) is 11.4. The third-order valence-corrected chi connectivity index (χ3v) is 4.88. The Balaban J connectivity index is 2.36. The van der Waals surface area contributed by atoms with E-state index in [0.717, 1.165) is 23.9 Å². The molecule has 2 rings (SSSR count). The molecule has 1 N–H and O–H groups in total. The fourth-order valence-corrected chi connectivity index (χ4v) is 3.64. The molecule has 0 amide bonds. The van der Waals surface area contributed by atoms with Crippen LogP contribution in [0, 0.1) is 12.8 Å². The Labute approximate surface area is 118 Å². The second-order valence-corrected chi connectivity index (χ2v) is 6.64. The second-order valence-electron chi connectivity index (χ2n) is 5.78. The number of anilines is 1. The number of hydrogen-bond donors (Lipinski definition) is 1. The van der Waals surface area contributed by atoms with Crippen LogP contribution in [0.3, 0.4) is 0 Å². The Bertz CT molecular complexity index is 431. The van der Waals surface area contributed by atoms with Crippen LogP contribution in [0.4, 0.5) is 5.69 Å². The van der Waals surface area contributed by atoms with Crippen molar-refractivity contribution in [2.24, 2.45) is 5.92 Å². The Morgan fingerprint density at radius 3 is 2.78 bits per heavy atom. The number of hydrogen-bond acceptors (Lipinski definition) is 2. The first kappa shape index (κ1) is 13.9. The van der Waals surface area contributed by atoms with Crippen LogP contribution in [0.5, 0.6) is 0 Å². The average Bonchev–Trinajstić information content (AvgIpc) is 2.29. The summed E-state index contributed by atoms with van der Waals surface area (Å²) in [5.74, 6) is 0.347. The molecule has 0 bridgehead atoms. The maximum absolute atomic E-state index is 9.57. The summed E-state index contributed by atoms with van der Waals surface area (Å²) in [4.78, 5) is 2.43. The van der Waals surface area contributed by atoms with Crippen LogP contribution in [0.15, 0.2) is 22.7 Å². The Morgan fingerprint density at radius 1 is 1.44 bits per heavy atom. The van der Waals surface area contributed by atoms with Crippen molar-refractivity contribution in [1.29, 1.82) is 0 Å². The van der Waals surface area contributed by atoms with E-state index in [2.05, 4.69) is 59.8 Å². The molecule has 1 aromatic rings. The van der Waals surface area contributed by atoms with Gasteiger partial charge in [-0.05, 0) is 67.2 Å². The molecule has 0 aliphatic carbocycles. The molecule has 0 saturated carbocycles. The predicted octanol–water partition coefficient (Wildman–Crippen LogP) is 3.74. The van der Waals surface area contributed by atoms with Crippen LogP contribution in [0.2, 0.25) is 0 Å². The van der Waals surface area contributed by atoms with Gasteiger partial charge in [0.15, 0.2) is 0 Å². The lowest BCUT2D eigenvalue weighted by Crippen LogP contribution is -2.54. The quantitative estimate of drug-likeness (QED) is 0.899. The van der Waals surface area contributed by atoms with E-state index in [1.54, 1.807) is 0 Å². The molecule has 1 aliphatic rings. The minimum absolute atomic E-state index is 0.00474. The van der Waals surface area contributed by atoms with Gasteiger partial charge < -0.3 is 10.0 Å². The maximum atomic E-state index is 9.57. The van der Waals surface area contributed by atoms with E-state index in [1.165, 1.54) is 11.3 Å². The van der Waals surface area contributed by atoms with Gasteiger partial charge in [-0.2, -0.15) is 0 Å². The highest BCUT2D eigenvalue weighted by molar-refractivity contribution is 9.10. The molecule has 1 aromatic carbocycles. The van der Waals surface area contributed by atoms with Crippen molar-refractivity contribution in [3.63, 3.8) is 0 Å². The number of aryl methyl sites for hydroxylation is 1. The van der Waals surface area contributed by atoms with Crippen LogP contribution in [0.25, 0.3) is 0 Å². The summed E-state index contributed by atoms with van der Waals surface area (Å²) in [5, 5.41) is 9.57. The molecule has 0 radical (unpaired) electrons. The Morgan fingerprint density at radius 2 is 2.17 bits per heavy atom. The summed E-state index contributed by atoms with van der Waals surface area (Å²) >= 11 is 3.67. The molecule has 0 spiro atoms. The second kappa shape index (κ2) is 5.22. The Kier molecular flexibility index (Phi) is 4.02. The molecule has 100 valence electrons. The third-order valence-electron chi connectivity index (χ3n) is 4.24. The highest BCUT2D eigenvalue weighted by Crippen LogP contribution is 2.39. The lowest BCUT2D eigenvalue weighted by Gasteiger charge is -2.49. The number of benzene rings is 1. The molecule has 18 heavy (non-hydrogen) atoms. The molecule has 1 unspecified atom stereocenters. The van der Waals surface area contributed by atoms with Crippen molar-refractivity contribution in [3.8, 4) is 0 Å². The van der Waals surface area contributed by atoms with Crippen LogP contribution >= 0.6 is 15.9 Å². The van der Waals surface area contributed by atoms with Crippen LogP contribution in [-0.2, 0) is 0 Å². The zero-order valence-corrected chi connectivity index (χ0v) is 13.0. The summed E-state index contributed by atoms with van der Waals surface area (Å²) in [6, 6.07) is 6.49. The summed E-state index contributed by atoms with van der Waals surface area (Å²) in [6.45, 7) is 7.91. The lowest BCUT2D eigenvalue weighted by molar-refractivity contribution is 0.135. The van der Waals surface area contributed by atoms with Gasteiger partial charge >= 0.3 is 0 Å². The van der Waals surface area contributed by atoms with E-state index >= 15 is 0 Å². The SMILES string of the molecule is Cc1ccc(N2CCCC(CO)C2(C)C)c(Br)c1. The molecule has 0 aromatic heterocycles. The Hall–Kier alpha value is -0.540. The minimum Gasteiger partial charge on any atom is -0.396 e. The molecule has 1 heterocycles. The van der Waals surface area contributed by atoms with Crippen LogP contribution in [0.1, 0.15) is 32.3 Å². The molecular formula is C15H22BrNO. The van der Waals surface area contributed by atoms with Crippen molar-refractivity contribution >= 4 is 21.6 Å². The maximum Gasteiger partial charge on any atom is 0.0515 e. The summed E-state index contributed by atoms with van der Waals surface area (Å²) in [6.07, 6.45) is 2.26. The van der Waals surface area contributed by atoms with Crippen molar-refractivity contribution in [3.05, 3.63) is 28.2 Å². The van der Waals surface area contributed by atoms with Gasteiger partial charge in [0, 0.05) is 29.1 Å². The van der Waals surface area contributed by atoms with Gasteiger partial charge in [-0.15, -0.1) is 0 Å². The monoisotopic (exact) mass is 311 g/mol. The summed E-state index contributed by atoms with van der Waals surface area (Å²) < 4.78 is 1.15. The van der Waals surface area contributed by atoms with Gasteiger partial charge in [0.1, 0.15) is 0 Å². The van der Waals surface area contributed by atoms with Crippen LogP contribution in [-0.4, -0.2) is 23.8 Å². The largest absolute Gasteiger partial charge is 0.396 e. The van der Waals surface area contributed by atoms with Gasteiger partial charge in [-0.25, -0.2) is 0 Å². The van der Waals surface area contributed by atoms with E-state index in [0.29, 0.717) is 5.92 Å². The fraction of sp³-hybridized carbons (Fsp3) is 0.600. The van der Waals surface area contributed by atoms with Gasteiger partial charge in [0.05, 0.1) is 5.69 Å². The first-order valence-electron chi connectivity index (χ1n) is 6.61. The summed E-state index contributed by atoms with van der Waals surface area (Å²) in [7, 11) is 0. The van der Waals surface area contributed by atoms with Gasteiger partial charge in [-0.1, -0.05) is 6.07 Å². The van der Waals surface area contributed by atoms with Crippen molar-refractivity contribution in [2.75, 3.05) is 18.1 Å². The van der Waals surface area contributed by atoms with Crippen molar-refractivity contribution < 1.29 is 5.11 Å². The van der Waals surface area contributed by atoms with E-state index in [4.69, 9.17) is 0 Å². The zero-order chi connectivity index (χ0) is 13.3. The van der Waals surface area contributed by atoms with Crippen molar-refractivity contribution in [2.45, 2.75) is 39.2 Å². The summed E-state index contributed by atoms with van der Waals surface area (Å²) in [5.41, 5.74) is 2.51. The smallest absolute Gasteiger partial charge is 0.0515 e.